The van der Waals surface area contributed by atoms with E-state index < -0.39 is 95.7 Å². The first-order chi connectivity index (χ1) is 30.3. The molecule has 4 heterocycles. The fourth-order valence-corrected chi connectivity index (χ4v) is 10.9. The van der Waals surface area contributed by atoms with Gasteiger partial charge in [0.25, 0.3) is 11.7 Å². The fourth-order valence-electron chi connectivity index (χ4n) is 10.9. The minimum absolute atomic E-state index is 0.0231. The van der Waals surface area contributed by atoms with Crippen LogP contribution in [0.5, 0.6) is 0 Å². The molecule has 4 aliphatic heterocycles. The van der Waals surface area contributed by atoms with Gasteiger partial charge in [0.15, 0.2) is 5.78 Å². The first kappa shape index (κ1) is 51.6. The van der Waals surface area contributed by atoms with Crippen LogP contribution in [0, 0.1) is 41.4 Å². The molecule has 0 spiro atoms. The van der Waals surface area contributed by atoms with Crippen LogP contribution < -0.4 is 0 Å². The van der Waals surface area contributed by atoms with Crippen molar-refractivity contribution in [1.29, 1.82) is 0 Å². The molecule has 14 heteroatoms. The average Bonchev–Trinajstić information content (AvgIpc) is 3.27. The second-order valence-corrected chi connectivity index (χ2v) is 19.5. The second-order valence-electron chi connectivity index (χ2n) is 19.5. The topological polar surface area (TPSA) is 195 Å². The number of Topliss-reactive ketones (excluding diaryl/α,β-unsaturated/α-hetero) is 3. The molecule has 16 atom stereocenters. The van der Waals surface area contributed by atoms with E-state index in [4.69, 9.17) is 23.7 Å². The maximum Gasteiger partial charge on any atom is 0.329 e. The number of esters is 1. The van der Waals surface area contributed by atoms with Gasteiger partial charge in [0.2, 0.25) is 5.79 Å². The number of methoxy groups -OCH3 is 3. The van der Waals surface area contributed by atoms with Crippen molar-refractivity contribution in [2.75, 3.05) is 27.9 Å². The maximum atomic E-state index is 14.4. The number of hydrogen-bond donors (Lipinski definition) is 3. The highest BCUT2D eigenvalue weighted by atomic mass is 16.6. The smallest absolute Gasteiger partial charge is 0.329 e. The highest BCUT2D eigenvalue weighted by molar-refractivity contribution is 6.39. The average molecular weight is 898 g/mol. The summed E-state index contributed by atoms with van der Waals surface area (Å²) in [5.74, 6) is -8.43. The van der Waals surface area contributed by atoms with Crippen LogP contribution in [0.2, 0.25) is 0 Å². The van der Waals surface area contributed by atoms with Crippen molar-refractivity contribution in [3.05, 3.63) is 47.6 Å². The van der Waals surface area contributed by atoms with Crippen molar-refractivity contribution in [2.45, 2.75) is 167 Å². The molecule has 0 aromatic rings. The Balaban J connectivity index is 1.51. The summed E-state index contributed by atoms with van der Waals surface area (Å²) in [6, 6.07) is -1.12. The van der Waals surface area contributed by atoms with Gasteiger partial charge in [-0.2, -0.15) is 0 Å². The summed E-state index contributed by atoms with van der Waals surface area (Å²) in [7, 11) is 4.52. The van der Waals surface area contributed by atoms with E-state index >= 15 is 0 Å². The Hall–Kier alpha value is -3.37. The summed E-state index contributed by atoms with van der Waals surface area (Å²) >= 11 is 0. The molecule has 1 aliphatic carbocycles. The van der Waals surface area contributed by atoms with Gasteiger partial charge in [0, 0.05) is 64.4 Å². The van der Waals surface area contributed by atoms with Gasteiger partial charge in [-0.25, -0.2) is 4.79 Å². The lowest BCUT2D eigenvalue weighted by atomic mass is 9.68. The molecular formula is C50H75NO13. The van der Waals surface area contributed by atoms with Crippen LogP contribution in [0.25, 0.3) is 0 Å². The minimum Gasteiger partial charge on any atom is -0.460 e. The normalized spacial score (nSPS) is 42.3. The summed E-state index contributed by atoms with van der Waals surface area (Å²) in [6.07, 6.45) is 10.8. The van der Waals surface area contributed by atoms with Crippen molar-refractivity contribution in [3.8, 4) is 0 Å². The summed E-state index contributed by atoms with van der Waals surface area (Å²) < 4.78 is 29.4. The van der Waals surface area contributed by atoms with Gasteiger partial charge < -0.3 is 43.9 Å². The van der Waals surface area contributed by atoms with E-state index in [9.17, 15) is 39.3 Å². The van der Waals surface area contributed by atoms with Gasteiger partial charge in [0.05, 0.1) is 24.4 Å². The van der Waals surface area contributed by atoms with Crippen LogP contribution in [0.1, 0.15) is 112 Å². The SMILES string of the molecule is CO[C@H]1C[C@@H]2CC[C@@H](C)[C@@](O)(O2)C(=O)C(=O)N2CCC[C@@H]3C(C[C@@H]4CC[C@@H](O)[C@H](OC)C4)[C@H](CC(=O)[C@H](C)/C=C(\C)[C@@H](O)[C@@H](OC)C(=O)[C@H](C)C[C@H](C)/C=C/C=C/C=C1C)OC(=O)[C@H]32. The predicted molar refractivity (Wildman–Crippen MR) is 238 cm³/mol. The predicted octanol–water partition coefficient (Wildman–Crippen LogP) is 5.40. The number of ether oxygens (including phenoxy) is 5. The lowest BCUT2D eigenvalue weighted by Gasteiger charge is -2.50. The van der Waals surface area contributed by atoms with E-state index in [0.29, 0.717) is 69.8 Å². The van der Waals surface area contributed by atoms with Gasteiger partial charge in [-0.1, -0.05) is 64.2 Å². The van der Waals surface area contributed by atoms with Crippen molar-refractivity contribution >= 4 is 29.2 Å². The minimum atomic E-state index is -2.43. The zero-order valence-corrected chi connectivity index (χ0v) is 39.5. The lowest BCUT2D eigenvalue weighted by molar-refractivity contribution is -0.266. The lowest BCUT2D eigenvalue weighted by Crippen LogP contribution is -2.65. The zero-order valence-electron chi connectivity index (χ0n) is 39.5. The van der Waals surface area contributed by atoms with E-state index in [1.165, 1.54) is 12.0 Å². The summed E-state index contributed by atoms with van der Waals surface area (Å²) in [6.45, 7) is 10.9. The van der Waals surface area contributed by atoms with Crippen molar-refractivity contribution in [2.24, 2.45) is 41.4 Å². The third-order valence-electron chi connectivity index (χ3n) is 14.9. The van der Waals surface area contributed by atoms with Crippen molar-refractivity contribution < 1.29 is 63.0 Å². The Morgan fingerprint density at radius 2 is 1.58 bits per heavy atom. The van der Waals surface area contributed by atoms with Crippen LogP contribution >= 0.6 is 0 Å². The Morgan fingerprint density at radius 1 is 0.844 bits per heavy atom. The molecule has 358 valence electrons. The van der Waals surface area contributed by atoms with Crippen LogP contribution in [0.3, 0.4) is 0 Å². The number of ketones is 3. The van der Waals surface area contributed by atoms with Gasteiger partial charge in [-0.05, 0) is 101 Å². The number of aliphatic hydroxyl groups is 3. The number of carbonyl (C=O) groups is 5. The quantitative estimate of drug-likeness (QED) is 0.181. The second kappa shape index (κ2) is 22.9. The molecule has 5 aliphatic rings. The van der Waals surface area contributed by atoms with Gasteiger partial charge in [-0.3, -0.25) is 19.2 Å². The van der Waals surface area contributed by atoms with Crippen LogP contribution in [-0.4, -0.2) is 132 Å². The molecule has 3 saturated heterocycles. The molecule has 3 N–H and O–H groups in total. The Bertz CT molecular complexity index is 1790. The molecule has 0 aromatic carbocycles. The first-order valence-corrected chi connectivity index (χ1v) is 23.5. The summed E-state index contributed by atoms with van der Waals surface area (Å²) in [5.41, 5.74) is 1.28. The van der Waals surface area contributed by atoms with Gasteiger partial charge in [0.1, 0.15) is 30.1 Å². The maximum absolute atomic E-state index is 14.4. The number of hydrogen-bond acceptors (Lipinski definition) is 13. The first-order valence-electron chi connectivity index (χ1n) is 23.5. The Morgan fingerprint density at radius 3 is 2.27 bits per heavy atom. The summed E-state index contributed by atoms with van der Waals surface area (Å²) in [5, 5.41) is 34.1. The third kappa shape index (κ3) is 12.0. The van der Waals surface area contributed by atoms with Crippen LogP contribution in [0.4, 0.5) is 0 Å². The highest BCUT2D eigenvalue weighted by Gasteiger charge is 2.57. The number of aliphatic hydroxyl groups excluding tert-OH is 2. The van der Waals surface area contributed by atoms with E-state index in [0.717, 1.165) is 5.57 Å². The number of fused-ring (bicyclic) bond motifs is 4. The molecule has 64 heavy (non-hydrogen) atoms. The van der Waals surface area contributed by atoms with Gasteiger partial charge >= 0.3 is 5.97 Å². The van der Waals surface area contributed by atoms with Gasteiger partial charge in [-0.15, -0.1) is 0 Å². The number of nitrogens with zero attached hydrogens (tertiary/aromatic N) is 1. The van der Waals surface area contributed by atoms with E-state index in [1.54, 1.807) is 41.1 Å². The van der Waals surface area contributed by atoms with E-state index in [1.807, 2.05) is 51.2 Å². The monoisotopic (exact) mass is 898 g/mol. The molecule has 0 aromatic heterocycles. The van der Waals surface area contributed by atoms with E-state index in [-0.39, 0.29) is 42.5 Å². The number of amides is 1. The molecular weight excluding hydrogens is 823 g/mol. The largest absolute Gasteiger partial charge is 0.460 e. The number of carbonyl (C=O) groups excluding carboxylic acids is 5. The molecule has 4 fully saturated rings. The molecule has 5 rings (SSSR count). The zero-order chi connectivity index (χ0) is 47.0. The van der Waals surface area contributed by atoms with Crippen molar-refractivity contribution in [3.63, 3.8) is 0 Å². The number of rotatable bonds is 5. The standard InChI is InChI=1S/C50H75NO13/c1-28-14-11-10-12-15-29(2)40(60-7)26-35-19-17-33(6)50(59,64-35)47(56)48(57)51-21-13-16-36-37(24-34-18-20-38(52)42(25-34)61-8)41(63-49(58)43(36)51)27-39(53)30(3)23-32(5)45(55)46(62-9)44(54)31(4)22-28/h10-12,14-15,23,28,30-31,33-38,40-43,45-46,52,55,59H,13,16-22,24-27H2,1-9H3/b12-10+,14-11+,29-15?,32-23+/t28-,30-,31-,33-,34+,35+,36-,37?,38-,40+,41+,42-,43+,45-,46+,50-/m1/s1. The number of piperidine rings is 1. The third-order valence-corrected chi connectivity index (χ3v) is 14.9. The molecule has 4 bridgehead atoms. The Labute approximate surface area is 379 Å². The molecule has 1 unspecified atom stereocenters. The Kier molecular flexibility index (Phi) is 18.5. The fraction of sp³-hybridized carbons (Fsp3) is 0.740. The molecule has 14 nitrogen and oxygen atoms in total. The van der Waals surface area contributed by atoms with Crippen LogP contribution in [-0.2, 0) is 47.7 Å². The summed E-state index contributed by atoms with van der Waals surface area (Å²) in [4.78, 5) is 72.0. The van der Waals surface area contributed by atoms with Crippen LogP contribution in [0.15, 0.2) is 47.6 Å². The van der Waals surface area contributed by atoms with E-state index in [2.05, 4.69) is 0 Å². The highest BCUT2D eigenvalue weighted by Crippen LogP contribution is 2.45. The number of allylic oxidation sites excluding steroid dienone is 6. The molecule has 1 amide bonds. The van der Waals surface area contributed by atoms with Crippen molar-refractivity contribution in [1.82, 2.24) is 4.90 Å². The molecule has 1 saturated carbocycles. The molecule has 0 radical (unpaired) electrons.